The van der Waals surface area contributed by atoms with Gasteiger partial charge in [0.05, 0.1) is 16.1 Å². The fraction of sp³-hybridized carbons (Fsp3) is 0.562. The van der Waals surface area contributed by atoms with Crippen molar-refractivity contribution in [3.63, 3.8) is 0 Å². The minimum Gasteiger partial charge on any atom is -0.481 e. The molecular formula is C16H23ClN2O2. The van der Waals surface area contributed by atoms with Crippen LogP contribution in [0.2, 0.25) is 5.02 Å². The van der Waals surface area contributed by atoms with E-state index in [1.165, 1.54) is 0 Å². The first-order valence-electron chi connectivity index (χ1n) is 7.41. The van der Waals surface area contributed by atoms with Crippen molar-refractivity contribution in [1.82, 2.24) is 4.90 Å². The van der Waals surface area contributed by atoms with Gasteiger partial charge in [-0.25, -0.2) is 0 Å². The number of aliphatic carboxylic acids is 1. The summed E-state index contributed by atoms with van der Waals surface area (Å²) < 4.78 is 0. The number of para-hydroxylation sites is 1. The summed E-state index contributed by atoms with van der Waals surface area (Å²) in [6.45, 7) is 7.87. The van der Waals surface area contributed by atoms with Crippen LogP contribution in [0.4, 0.5) is 5.69 Å². The number of hydrogen-bond donors (Lipinski definition) is 1. The Kier molecular flexibility index (Phi) is 5.12. The predicted molar refractivity (Wildman–Crippen MR) is 86.1 cm³/mol. The van der Waals surface area contributed by atoms with Gasteiger partial charge in [0, 0.05) is 32.7 Å². The van der Waals surface area contributed by atoms with Gasteiger partial charge in [0.2, 0.25) is 0 Å². The molecule has 0 amide bonds. The van der Waals surface area contributed by atoms with E-state index in [1.54, 1.807) is 0 Å². The number of halogens is 1. The standard InChI is InChI=1S/C16H23ClN2O2/c1-3-16(2,15(20)21)12-18-8-10-19(11-9-18)14-7-5-4-6-13(14)17/h4-7H,3,8-12H2,1-2H3,(H,20,21). The first-order valence-corrected chi connectivity index (χ1v) is 7.79. The molecule has 0 aliphatic carbocycles. The molecule has 1 aliphatic heterocycles. The lowest BCUT2D eigenvalue weighted by Crippen LogP contribution is -2.51. The highest BCUT2D eigenvalue weighted by molar-refractivity contribution is 6.33. The fourth-order valence-corrected chi connectivity index (χ4v) is 2.93. The van der Waals surface area contributed by atoms with Crippen molar-refractivity contribution in [2.24, 2.45) is 5.41 Å². The molecule has 116 valence electrons. The Bertz CT molecular complexity index is 501. The lowest BCUT2D eigenvalue weighted by molar-refractivity contribution is -0.149. The van der Waals surface area contributed by atoms with Crippen LogP contribution in [-0.4, -0.2) is 48.7 Å². The Balaban J connectivity index is 1.95. The van der Waals surface area contributed by atoms with E-state index in [2.05, 4.69) is 9.80 Å². The summed E-state index contributed by atoms with van der Waals surface area (Å²) in [5.74, 6) is -0.710. The molecule has 1 aromatic carbocycles. The number of carboxylic acids is 1. The van der Waals surface area contributed by atoms with Crippen molar-refractivity contribution in [3.8, 4) is 0 Å². The van der Waals surface area contributed by atoms with Gasteiger partial charge < -0.3 is 10.0 Å². The molecule has 1 N–H and O–H groups in total. The number of nitrogens with zero attached hydrogens (tertiary/aromatic N) is 2. The van der Waals surface area contributed by atoms with Crippen molar-refractivity contribution in [1.29, 1.82) is 0 Å². The number of anilines is 1. The molecule has 1 aliphatic rings. The molecule has 1 unspecified atom stereocenters. The second-order valence-electron chi connectivity index (χ2n) is 5.93. The molecule has 4 nitrogen and oxygen atoms in total. The summed E-state index contributed by atoms with van der Waals surface area (Å²) >= 11 is 6.23. The van der Waals surface area contributed by atoms with Gasteiger partial charge in [-0.1, -0.05) is 30.7 Å². The average Bonchev–Trinajstić information content (AvgIpc) is 2.48. The zero-order valence-electron chi connectivity index (χ0n) is 12.7. The molecule has 1 saturated heterocycles. The molecule has 1 fully saturated rings. The van der Waals surface area contributed by atoms with Crippen molar-refractivity contribution in [2.45, 2.75) is 20.3 Å². The minimum absolute atomic E-state index is 0.606. The van der Waals surface area contributed by atoms with Gasteiger partial charge in [-0.3, -0.25) is 9.69 Å². The molecular weight excluding hydrogens is 288 g/mol. The summed E-state index contributed by atoms with van der Waals surface area (Å²) in [7, 11) is 0. The van der Waals surface area contributed by atoms with E-state index in [0.29, 0.717) is 13.0 Å². The van der Waals surface area contributed by atoms with Gasteiger partial charge in [-0.2, -0.15) is 0 Å². The monoisotopic (exact) mass is 310 g/mol. The fourth-order valence-electron chi connectivity index (χ4n) is 2.68. The summed E-state index contributed by atoms with van der Waals surface area (Å²) in [5.41, 5.74) is 0.405. The lowest BCUT2D eigenvalue weighted by Gasteiger charge is -2.39. The van der Waals surface area contributed by atoms with E-state index in [4.69, 9.17) is 11.6 Å². The van der Waals surface area contributed by atoms with Gasteiger partial charge in [0.15, 0.2) is 0 Å². The smallest absolute Gasteiger partial charge is 0.310 e. The number of piperazine rings is 1. The highest BCUT2D eigenvalue weighted by atomic mass is 35.5. The van der Waals surface area contributed by atoms with Gasteiger partial charge in [-0.15, -0.1) is 0 Å². The molecule has 0 radical (unpaired) electrons. The molecule has 1 aromatic rings. The third-order valence-electron chi connectivity index (χ3n) is 4.43. The van der Waals surface area contributed by atoms with Gasteiger partial charge in [-0.05, 0) is 25.5 Å². The average molecular weight is 311 g/mol. The van der Waals surface area contributed by atoms with Crippen molar-refractivity contribution in [2.75, 3.05) is 37.6 Å². The summed E-state index contributed by atoms with van der Waals surface area (Å²) in [6, 6.07) is 7.86. The number of rotatable bonds is 5. The topological polar surface area (TPSA) is 43.8 Å². The largest absolute Gasteiger partial charge is 0.481 e. The number of carboxylic acid groups (broad SMARTS) is 1. The first-order chi connectivity index (χ1) is 9.96. The van der Waals surface area contributed by atoms with E-state index < -0.39 is 11.4 Å². The molecule has 1 heterocycles. The quantitative estimate of drug-likeness (QED) is 0.908. The van der Waals surface area contributed by atoms with Crippen LogP contribution in [0, 0.1) is 5.41 Å². The Hall–Kier alpha value is -1.26. The number of benzene rings is 1. The second kappa shape index (κ2) is 6.67. The lowest BCUT2D eigenvalue weighted by atomic mass is 9.87. The third-order valence-corrected chi connectivity index (χ3v) is 4.75. The highest BCUT2D eigenvalue weighted by Gasteiger charge is 2.34. The van der Waals surface area contributed by atoms with Crippen molar-refractivity contribution < 1.29 is 9.90 Å². The summed E-state index contributed by atoms with van der Waals surface area (Å²) in [5, 5.41) is 10.1. The molecule has 1 atom stereocenters. The van der Waals surface area contributed by atoms with Gasteiger partial charge >= 0.3 is 5.97 Å². The van der Waals surface area contributed by atoms with E-state index >= 15 is 0 Å². The van der Waals surface area contributed by atoms with Crippen molar-refractivity contribution >= 4 is 23.3 Å². The maximum absolute atomic E-state index is 11.4. The van der Waals surface area contributed by atoms with Crippen LogP contribution < -0.4 is 4.90 Å². The Labute approximate surface area is 131 Å². The van der Waals surface area contributed by atoms with E-state index in [9.17, 15) is 9.90 Å². The number of hydrogen-bond acceptors (Lipinski definition) is 3. The third kappa shape index (κ3) is 3.69. The van der Waals surface area contributed by atoms with Crippen LogP contribution in [0.15, 0.2) is 24.3 Å². The summed E-state index contributed by atoms with van der Waals surface area (Å²) in [4.78, 5) is 15.9. The molecule has 0 saturated carbocycles. The van der Waals surface area contributed by atoms with E-state index in [0.717, 1.165) is 36.9 Å². The normalized spacial score (nSPS) is 19.3. The number of carbonyl (C=O) groups is 1. The van der Waals surface area contributed by atoms with E-state index in [1.807, 2.05) is 38.1 Å². The minimum atomic E-state index is -0.710. The zero-order valence-corrected chi connectivity index (χ0v) is 13.4. The molecule has 0 bridgehead atoms. The van der Waals surface area contributed by atoms with Crippen LogP contribution in [0.3, 0.4) is 0 Å². The maximum atomic E-state index is 11.4. The molecule has 21 heavy (non-hydrogen) atoms. The maximum Gasteiger partial charge on any atom is 0.310 e. The van der Waals surface area contributed by atoms with Crippen molar-refractivity contribution in [3.05, 3.63) is 29.3 Å². The van der Waals surface area contributed by atoms with Gasteiger partial charge in [0.25, 0.3) is 0 Å². The van der Waals surface area contributed by atoms with Crippen LogP contribution in [0.1, 0.15) is 20.3 Å². The highest BCUT2D eigenvalue weighted by Crippen LogP contribution is 2.28. The van der Waals surface area contributed by atoms with E-state index in [-0.39, 0.29) is 0 Å². The molecule has 5 heteroatoms. The van der Waals surface area contributed by atoms with Crippen LogP contribution in [-0.2, 0) is 4.79 Å². The zero-order chi connectivity index (χ0) is 15.5. The first kappa shape index (κ1) is 16.1. The Morgan fingerprint density at radius 3 is 2.43 bits per heavy atom. The summed E-state index contributed by atoms with van der Waals surface area (Å²) in [6.07, 6.45) is 0.646. The van der Waals surface area contributed by atoms with Crippen LogP contribution >= 0.6 is 11.6 Å². The second-order valence-corrected chi connectivity index (χ2v) is 6.34. The van der Waals surface area contributed by atoms with Crippen LogP contribution in [0.5, 0.6) is 0 Å². The molecule has 2 rings (SSSR count). The molecule has 0 spiro atoms. The predicted octanol–water partition coefficient (Wildman–Crippen LogP) is 2.96. The van der Waals surface area contributed by atoms with Crippen LogP contribution in [0.25, 0.3) is 0 Å². The Morgan fingerprint density at radius 2 is 1.90 bits per heavy atom. The SMILES string of the molecule is CCC(C)(CN1CCN(c2ccccc2Cl)CC1)C(=O)O. The van der Waals surface area contributed by atoms with Gasteiger partial charge in [0.1, 0.15) is 0 Å². The Morgan fingerprint density at radius 1 is 1.29 bits per heavy atom. The molecule has 0 aromatic heterocycles.